The van der Waals surface area contributed by atoms with Crippen LogP contribution in [0.2, 0.25) is 0 Å². The minimum Gasteiger partial charge on any atom is -0.381 e. The number of hydrogen-bond acceptors (Lipinski definition) is 2. The van der Waals surface area contributed by atoms with Crippen molar-refractivity contribution in [3.8, 4) is 0 Å². The quantitative estimate of drug-likeness (QED) is 0.782. The number of hydrogen-bond donors (Lipinski definition) is 0. The Labute approximate surface area is 116 Å². The van der Waals surface area contributed by atoms with Crippen LogP contribution in [-0.4, -0.2) is 37.1 Å². The molecule has 1 heterocycles. The molecule has 3 atom stereocenters. The molecular weight excluding hydrogens is 238 g/mol. The molecule has 3 fully saturated rings. The summed E-state index contributed by atoms with van der Waals surface area (Å²) in [4.78, 5) is 14.4. The molecule has 3 aliphatic rings. The Balaban J connectivity index is 1.42. The van der Waals surface area contributed by atoms with E-state index in [9.17, 15) is 4.79 Å². The number of nitrogens with zero attached hydrogens (tertiary/aromatic N) is 1. The Morgan fingerprint density at radius 2 is 1.79 bits per heavy atom. The molecule has 19 heavy (non-hydrogen) atoms. The van der Waals surface area contributed by atoms with Gasteiger partial charge >= 0.3 is 0 Å². The number of carbonyl (C=O) groups excluding carboxylic acids is 1. The zero-order chi connectivity index (χ0) is 13.2. The van der Waals surface area contributed by atoms with Crippen molar-refractivity contribution in [3.05, 3.63) is 0 Å². The van der Waals surface area contributed by atoms with Crippen LogP contribution in [0.3, 0.4) is 0 Å². The van der Waals surface area contributed by atoms with Gasteiger partial charge in [-0.25, -0.2) is 0 Å². The van der Waals surface area contributed by atoms with Crippen molar-refractivity contribution in [2.24, 2.45) is 17.8 Å². The molecule has 1 saturated heterocycles. The lowest BCUT2D eigenvalue weighted by Crippen LogP contribution is -2.30. The van der Waals surface area contributed by atoms with E-state index in [4.69, 9.17) is 4.74 Å². The van der Waals surface area contributed by atoms with Gasteiger partial charge in [-0.2, -0.15) is 0 Å². The van der Waals surface area contributed by atoms with Crippen molar-refractivity contribution in [2.45, 2.75) is 57.5 Å². The molecule has 0 radical (unpaired) electrons. The maximum atomic E-state index is 12.3. The number of rotatable bonds is 4. The maximum Gasteiger partial charge on any atom is 0.222 e. The van der Waals surface area contributed by atoms with Crippen LogP contribution in [0.25, 0.3) is 0 Å². The predicted molar refractivity (Wildman–Crippen MR) is 74.8 cm³/mol. The number of amides is 1. The molecular formula is C16H27NO2. The molecule has 0 aromatic rings. The Morgan fingerprint density at radius 3 is 2.37 bits per heavy atom. The van der Waals surface area contributed by atoms with Crippen LogP contribution in [0.5, 0.6) is 0 Å². The highest BCUT2D eigenvalue weighted by molar-refractivity contribution is 5.76. The smallest absolute Gasteiger partial charge is 0.222 e. The highest BCUT2D eigenvalue weighted by Gasteiger charge is 2.42. The van der Waals surface area contributed by atoms with Gasteiger partial charge < -0.3 is 9.64 Å². The topological polar surface area (TPSA) is 29.5 Å². The highest BCUT2D eigenvalue weighted by Crippen LogP contribution is 2.39. The summed E-state index contributed by atoms with van der Waals surface area (Å²) in [6, 6.07) is 0. The fourth-order valence-corrected chi connectivity index (χ4v) is 4.43. The number of ether oxygens (including phenoxy) is 1. The van der Waals surface area contributed by atoms with Crippen molar-refractivity contribution in [1.29, 1.82) is 0 Å². The van der Waals surface area contributed by atoms with Gasteiger partial charge in [0.15, 0.2) is 0 Å². The first kappa shape index (κ1) is 13.4. The zero-order valence-electron chi connectivity index (χ0n) is 12.1. The standard InChI is InChI=1S/C16H27NO2/c1-19-15-8-13-10-17(11-14(13)9-15)16(18)7-6-12-4-2-3-5-12/h12-15H,2-11H2,1H3/t13-,14+,15?. The molecule has 2 saturated carbocycles. The molecule has 0 aromatic carbocycles. The molecule has 2 aliphatic carbocycles. The molecule has 0 N–H and O–H groups in total. The van der Waals surface area contributed by atoms with Crippen LogP contribution < -0.4 is 0 Å². The molecule has 3 nitrogen and oxygen atoms in total. The van der Waals surface area contributed by atoms with Crippen LogP contribution in [-0.2, 0) is 9.53 Å². The second kappa shape index (κ2) is 5.82. The summed E-state index contributed by atoms with van der Waals surface area (Å²) in [5.41, 5.74) is 0. The molecule has 0 aromatic heterocycles. The van der Waals surface area contributed by atoms with Crippen molar-refractivity contribution >= 4 is 5.91 Å². The first-order valence-electron chi connectivity index (χ1n) is 8.07. The summed E-state index contributed by atoms with van der Waals surface area (Å²) in [6.07, 6.45) is 10.2. The van der Waals surface area contributed by atoms with E-state index < -0.39 is 0 Å². The summed E-state index contributed by atoms with van der Waals surface area (Å²) in [7, 11) is 1.82. The minimum absolute atomic E-state index is 0.412. The van der Waals surface area contributed by atoms with E-state index in [0.29, 0.717) is 23.8 Å². The second-order valence-electron chi connectivity index (χ2n) is 6.84. The SMILES string of the molecule is COC1C[C@@H]2CN(C(=O)CCC3CCCC3)C[C@@H]2C1. The van der Waals surface area contributed by atoms with Gasteiger partial charge in [0.2, 0.25) is 5.91 Å². The monoisotopic (exact) mass is 265 g/mol. The fraction of sp³-hybridized carbons (Fsp3) is 0.938. The van der Waals surface area contributed by atoms with E-state index in [0.717, 1.165) is 44.7 Å². The molecule has 0 bridgehead atoms. The van der Waals surface area contributed by atoms with Gasteiger partial charge in [-0.1, -0.05) is 25.7 Å². The third-order valence-electron chi connectivity index (χ3n) is 5.63. The normalized spacial score (nSPS) is 35.0. The number of carbonyl (C=O) groups is 1. The van der Waals surface area contributed by atoms with Crippen LogP contribution in [0, 0.1) is 17.8 Å². The molecule has 3 rings (SSSR count). The largest absolute Gasteiger partial charge is 0.381 e. The van der Waals surface area contributed by atoms with E-state index in [1.165, 1.54) is 25.7 Å². The summed E-state index contributed by atoms with van der Waals surface area (Å²) < 4.78 is 5.45. The average Bonchev–Trinajstić information content (AvgIpc) is 3.10. The molecule has 108 valence electrons. The number of methoxy groups -OCH3 is 1. The average molecular weight is 265 g/mol. The van der Waals surface area contributed by atoms with Gasteiger partial charge in [0.1, 0.15) is 0 Å². The molecule has 3 heteroatoms. The summed E-state index contributed by atoms with van der Waals surface area (Å²) in [6.45, 7) is 1.99. The molecule has 1 amide bonds. The number of likely N-dealkylation sites (tertiary alicyclic amines) is 1. The van der Waals surface area contributed by atoms with E-state index >= 15 is 0 Å². The van der Waals surface area contributed by atoms with Crippen molar-refractivity contribution in [3.63, 3.8) is 0 Å². The molecule has 1 unspecified atom stereocenters. The molecule has 0 spiro atoms. The van der Waals surface area contributed by atoms with E-state index in [1.807, 2.05) is 7.11 Å². The van der Waals surface area contributed by atoms with Crippen molar-refractivity contribution < 1.29 is 9.53 Å². The summed E-state index contributed by atoms with van der Waals surface area (Å²) in [5.74, 6) is 2.67. The van der Waals surface area contributed by atoms with Gasteiger partial charge in [0, 0.05) is 26.6 Å². The van der Waals surface area contributed by atoms with Gasteiger partial charge in [-0.15, -0.1) is 0 Å². The third kappa shape index (κ3) is 2.96. The van der Waals surface area contributed by atoms with Crippen LogP contribution in [0.4, 0.5) is 0 Å². The highest BCUT2D eigenvalue weighted by atomic mass is 16.5. The lowest BCUT2D eigenvalue weighted by atomic mass is 10.0. The maximum absolute atomic E-state index is 12.3. The molecule has 1 aliphatic heterocycles. The van der Waals surface area contributed by atoms with Gasteiger partial charge in [0.25, 0.3) is 0 Å². The lowest BCUT2D eigenvalue weighted by molar-refractivity contribution is -0.130. The summed E-state index contributed by atoms with van der Waals surface area (Å²) >= 11 is 0. The van der Waals surface area contributed by atoms with Crippen LogP contribution in [0.15, 0.2) is 0 Å². The Bertz CT molecular complexity index is 311. The van der Waals surface area contributed by atoms with Crippen molar-refractivity contribution in [1.82, 2.24) is 4.90 Å². The van der Waals surface area contributed by atoms with Crippen LogP contribution >= 0.6 is 0 Å². The zero-order valence-corrected chi connectivity index (χ0v) is 12.1. The third-order valence-corrected chi connectivity index (χ3v) is 5.63. The van der Waals surface area contributed by atoms with Gasteiger partial charge in [-0.3, -0.25) is 4.79 Å². The van der Waals surface area contributed by atoms with E-state index in [-0.39, 0.29) is 0 Å². The lowest BCUT2D eigenvalue weighted by Gasteiger charge is -2.19. The predicted octanol–water partition coefficient (Wildman–Crippen LogP) is 2.84. The second-order valence-corrected chi connectivity index (χ2v) is 6.84. The van der Waals surface area contributed by atoms with Gasteiger partial charge in [-0.05, 0) is 37.0 Å². The van der Waals surface area contributed by atoms with E-state index in [2.05, 4.69) is 4.90 Å². The van der Waals surface area contributed by atoms with E-state index in [1.54, 1.807) is 0 Å². The van der Waals surface area contributed by atoms with Gasteiger partial charge in [0.05, 0.1) is 6.10 Å². The Kier molecular flexibility index (Phi) is 4.11. The first-order chi connectivity index (χ1) is 9.26. The van der Waals surface area contributed by atoms with Crippen LogP contribution in [0.1, 0.15) is 51.4 Å². The summed E-state index contributed by atoms with van der Waals surface area (Å²) in [5, 5.41) is 0. The van der Waals surface area contributed by atoms with Crippen molar-refractivity contribution in [2.75, 3.05) is 20.2 Å². The Hall–Kier alpha value is -0.570. The number of fused-ring (bicyclic) bond motifs is 1. The first-order valence-corrected chi connectivity index (χ1v) is 8.07. The minimum atomic E-state index is 0.412. The fourth-order valence-electron chi connectivity index (χ4n) is 4.43. The Morgan fingerprint density at radius 1 is 1.16 bits per heavy atom.